The Kier molecular flexibility index (Phi) is 6.40. The number of pyridine rings is 1. The number of aromatic amines is 1. The number of nitriles is 1. The monoisotopic (exact) mass is 503 g/mol. The summed E-state index contributed by atoms with van der Waals surface area (Å²) in [6.45, 7) is 3.07. The van der Waals surface area contributed by atoms with E-state index in [0.29, 0.717) is 44.7 Å². The standard InChI is InChI=1S/C23H24F3N7O3/c24-23(25,26)19-15-2-3-16(20(15)29-30-21(19)34)33-9-10-36-17(13-33)22(35)32-7-5-31(6-8-32)18-4-1-14(11-27)12-28-18/h1,4,12,16-17H,2-3,5-10,13H2,(H,30,34). The third-order valence-electron chi connectivity index (χ3n) is 6.99. The van der Waals surface area contributed by atoms with Crippen LogP contribution in [0.1, 0.15) is 34.8 Å². The molecule has 0 bridgehead atoms. The average molecular weight is 503 g/mol. The van der Waals surface area contributed by atoms with E-state index in [4.69, 9.17) is 10.00 Å². The number of carbonyl (C=O) groups is 1. The van der Waals surface area contributed by atoms with Crippen molar-refractivity contribution in [2.45, 2.75) is 31.2 Å². The highest BCUT2D eigenvalue weighted by Crippen LogP contribution is 2.40. The van der Waals surface area contributed by atoms with Gasteiger partial charge in [0.15, 0.2) is 0 Å². The topological polar surface area (TPSA) is 118 Å². The second-order valence-corrected chi connectivity index (χ2v) is 9.03. The van der Waals surface area contributed by atoms with Crippen LogP contribution in [-0.4, -0.2) is 82.9 Å². The van der Waals surface area contributed by atoms with Crippen molar-refractivity contribution in [3.8, 4) is 6.07 Å². The first-order chi connectivity index (χ1) is 17.3. The number of hydrogen-bond donors (Lipinski definition) is 1. The fourth-order valence-electron chi connectivity index (χ4n) is 5.20. The van der Waals surface area contributed by atoms with Crippen LogP contribution in [0, 0.1) is 11.3 Å². The Bertz CT molecular complexity index is 1230. The number of rotatable bonds is 3. The molecule has 0 spiro atoms. The van der Waals surface area contributed by atoms with E-state index in [1.54, 1.807) is 17.0 Å². The third kappa shape index (κ3) is 4.54. The Balaban J connectivity index is 1.23. The molecule has 2 fully saturated rings. The Morgan fingerprint density at radius 1 is 1.19 bits per heavy atom. The number of halogens is 3. The number of fused-ring (bicyclic) bond motifs is 1. The van der Waals surface area contributed by atoms with Gasteiger partial charge in [-0.2, -0.15) is 23.5 Å². The van der Waals surface area contributed by atoms with Crippen molar-refractivity contribution in [3.05, 3.63) is 51.1 Å². The largest absolute Gasteiger partial charge is 0.422 e. The van der Waals surface area contributed by atoms with Gasteiger partial charge in [-0.15, -0.1) is 0 Å². The fraction of sp³-hybridized carbons (Fsp3) is 0.522. The van der Waals surface area contributed by atoms with Gasteiger partial charge in [0.05, 0.1) is 23.9 Å². The van der Waals surface area contributed by atoms with Crippen molar-refractivity contribution in [3.63, 3.8) is 0 Å². The molecule has 2 aromatic rings. The van der Waals surface area contributed by atoms with Gasteiger partial charge in [0.25, 0.3) is 11.5 Å². The minimum absolute atomic E-state index is 0.0573. The molecule has 2 unspecified atom stereocenters. The van der Waals surface area contributed by atoms with Crippen LogP contribution >= 0.6 is 0 Å². The van der Waals surface area contributed by atoms with E-state index in [1.165, 1.54) is 6.20 Å². The summed E-state index contributed by atoms with van der Waals surface area (Å²) < 4.78 is 46.2. The molecule has 4 heterocycles. The molecule has 2 aliphatic heterocycles. The number of aromatic nitrogens is 3. The number of hydrogen-bond acceptors (Lipinski definition) is 8. The number of H-pyrrole nitrogens is 1. The molecule has 1 aliphatic carbocycles. The second kappa shape index (κ2) is 9.51. The minimum atomic E-state index is -4.76. The van der Waals surface area contributed by atoms with Crippen molar-refractivity contribution >= 4 is 11.7 Å². The highest BCUT2D eigenvalue weighted by Gasteiger charge is 2.43. The molecule has 2 saturated heterocycles. The van der Waals surface area contributed by atoms with Crippen molar-refractivity contribution in [2.24, 2.45) is 0 Å². The lowest BCUT2D eigenvalue weighted by Crippen LogP contribution is -2.56. The fourth-order valence-corrected chi connectivity index (χ4v) is 5.20. The number of anilines is 1. The van der Waals surface area contributed by atoms with E-state index in [-0.39, 0.29) is 36.7 Å². The molecule has 0 aromatic carbocycles. The van der Waals surface area contributed by atoms with Gasteiger partial charge in [0.2, 0.25) is 0 Å². The Labute approximate surface area is 204 Å². The van der Waals surface area contributed by atoms with Gasteiger partial charge < -0.3 is 14.5 Å². The number of piperazine rings is 1. The summed E-state index contributed by atoms with van der Waals surface area (Å²) >= 11 is 0. The van der Waals surface area contributed by atoms with Gasteiger partial charge in [-0.05, 0) is 30.5 Å². The lowest BCUT2D eigenvalue weighted by molar-refractivity contribution is -0.151. The zero-order valence-corrected chi connectivity index (χ0v) is 19.3. The SMILES string of the molecule is N#Cc1ccc(N2CCN(C(=O)C3CN(C4CCc5c4n[nH]c(=O)c5C(F)(F)F)CCO3)CC2)nc1. The summed E-state index contributed by atoms with van der Waals surface area (Å²) in [6, 6.07) is 5.10. The maximum atomic E-state index is 13.5. The van der Waals surface area contributed by atoms with E-state index >= 15 is 0 Å². The van der Waals surface area contributed by atoms with Crippen LogP contribution < -0.4 is 10.5 Å². The highest BCUT2D eigenvalue weighted by molar-refractivity contribution is 5.81. The normalized spacial score (nSPS) is 22.8. The Morgan fingerprint density at radius 2 is 1.97 bits per heavy atom. The third-order valence-corrected chi connectivity index (χ3v) is 6.99. The lowest BCUT2D eigenvalue weighted by Gasteiger charge is -2.40. The molecule has 0 radical (unpaired) electrons. The van der Waals surface area contributed by atoms with Crippen molar-refractivity contribution < 1.29 is 22.7 Å². The van der Waals surface area contributed by atoms with E-state index in [0.717, 1.165) is 5.82 Å². The van der Waals surface area contributed by atoms with E-state index in [2.05, 4.69) is 10.1 Å². The van der Waals surface area contributed by atoms with Crippen molar-refractivity contribution in [2.75, 3.05) is 50.8 Å². The molecule has 13 heteroatoms. The number of ether oxygens (including phenoxy) is 1. The highest BCUT2D eigenvalue weighted by atomic mass is 19.4. The number of amides is 1. The zero-order valence-electron chi connectivity index (χ0n) is 19.3. The summed E-state index contributed by atoms with van der Waals surface area (Å²) in [5, 5.41) is 14.9. The van der Waals surface area contributed by atoms with Gasteiger partial charge in [-0.1, -0.05) is 0 Å². The van der Waals surface area contributed by atoms with E-state index in [1.807, 2.05) is 21.0 Å². The molecule has 0 saturated carbocycles. The van der Waals surface area contributed by atoms with Gasteiger partial charge in [-0.25, -0.2) is 10.1 Å². The Hall–Kier alpha value is -3.50. The molecular weight excluding hydrogens is 479 g/mol. The molecule has 2 aromatic heterocycles. The summed E-state index contributed by atoms with van der Waals surface area (Å²) in [7, 11) is 0. The van der Waals surface area contributed by atoms with Crippen LogP contribution in [0.25, 0.3) is 0 Å². The average Bonchev–Trinajstić information content (AvgIpc) is 3.31. The van der Waals surface area contributed by atoms with Crippen LogP contribution in [0.3, 0.4) is 0 Å². The van der Waals surface area contributed by atoms with Crippen LogP contribution in [0.5, 0.6) is 0 Å². The minimum Gasteiger partial charge on any atom is -0.366 e. The van der Waals surface area contributed by atoms with Gasteiger partial charge in [-0.3, -0.25) is 14.5 Å². The van der Waals surface area contributed by atoms with E-state index < -0.39 is 29.4 Å². The van der Waals surface area contributed by atoms with Crippen LogP contribution in [0.15, 0.2) is 23.1 Å². The molecular formula is C23H24F3N7O3. The van der Waals surface area contributed by atoms with Gasteiger partial charge in [0.1, 0.15) is 23.6 Å². The van der Waals surface area contributed by atoms with Crippen molar-refractivity contribution in [1.82, 2.24) is 25.0 Å². The molecule has 10 nitrogen and oxygen atoms in total. The molecule has 5 rings (SSSR count). The van der Waals surface area contributed by atoms with Gasteiger partial charge >= 0.3 is 6.18 Å². The molecule has 1 N–H and O–H groups in total. The maximum absolute atomic E-state index is 13.5. The molecule has 1 amide bonds. The zero-order chi connectivity index (χ0) is 25.4. The predicted octanol–water partition coefficient (Wildman–Crippen LogP) is 1.09. The first-order valence-corrected chi connectivity index (χ1v) is 11.7. The summed E-state index contributed by atoms with van der Waals surface area (Å²) in [6.07, 6.45) is -3.48. The number of alkyl halides is 3. The van der Waals surface area contributed by atoms with E-state index in [9.17, 15) is 22.8 Å². The molecule has 3 aliphatic rings. The predicted molar refractivity (Wildman–Crippen MR) is 120 cm³/mol. The molecule has 190 valence electrons. The van der Waals surface area contributed by atoms with Crippen molar-refractivity contribution in [1.29, 1.82) is 5.26 Å². The molecule has 36 heavy (non-hydrogen) atoms. The Morgan fingerprint density at radius 3 is 2.64 bits per heavy atom. The van der Waals surface area contributed by atoms with Crippen LogP contribution in [-0.2, 0) is 22.1 Å². The van der Waals surface area contributed by atoms with Crippen LogP contribution in [0.2, 0.25) is 0 Å². The number of carbonyl (C=O) groups excluding carboxylic acids is 1. The second-order valence-electron chi connectivity index (χ2n) is 9.03. The molecule has 2 atom stereocenters. The smallest absolute Gasteiger partial charge is 0.366 e. The summed E-state index contributed by atoms with van der Waals surface area (Å²) in [5.74, 6) is 0.584. The van der Waals surface area contributed by atoms with Gasteiger partial charge in [0, 0.05) is 45.5 Å². The first-order valence-electron chi connectivity index (χ1n) is 11.7. The quantitative estimate of drug-likeness (QED) is 0.662. The lowest BCUT2D eigenvalue weighted by atomic mass is 10.1. The van der Waals surface area contributed by atoms with Crippen LogP contribution in [0.4, 0.5) is 19.0 Å². The number of nitrogens with one attached hydrogen (secondary N) is 1. The summed E-state index contributed by atoms with van der Waals surface area (Å²) in [4.78, 5) is 35.0. The first kappa shape index (κ1) is 24.2. The number of morpholine rings is 1. The number of nitrogens with zero attached hydrogens (tertiary/aromatic N) is 6. The maximum Gasteiger partial charge on any atom is 0.422 e. The summed E-state index contributed by atoms with van der Waals surface area (Å²) in [5.41, 5.74) is -1.76.